The van der Waals surface area contributed by atoms with Gasteiger partial charge in [0, 0.05) is 113 Å². The number of aliphatic carboxylic acids is 1. The van der Waals surface area contributed by atoms with Crippen LogP contribution in [0, 0.1) is 5.92 Å². The topological polar surface area (TPSA) is 710 Å². The third kappa shape index (κ3) is 34.5. The lowest BCUT2D eigenvalue weighted by atomic mass is 9.90. The van der Waals surface area contributed by atoms with Crippen LogP contribution in [0.3, 0.4) is 0 Å². The second-order valence-corrected chi connectivity index (χ2v) is 35.6. The van der Waals surface area contributed by atoms with Gasteiger partial charge in [-0.15, -0.1) is 0 Å². The van der Waals surface area contributed by atoms with E-state index in [1.54, 1.807) is 39.8 Å². The van der Waals surface area contributed by atoms with Gasteiger partial charge in [0.15, 0.2) is 11.6 Å². The summed E-state index contributed by atoms with van der Waals surface area (Å²) in [7, 11) is 0.467. The number of nitrogens with zero attached hydrogens (tertiary/aromatic N) is 6. The van der Waals surface area contributed by atoms with Crippen molar-refractivity contribution in [2.75, 3.05) is 96.3 Å². The Labute approximate surface area is 741 Å². The zero-order valence-corrected chi connectivity index (χ0v) is 75.8. The zero-order chi connectivity index (χ0) is 97.3. The van der Waals surface area contributed by atoms with Gasteiger partial charge in [-0.1, -0.05) is 23.2 Å². The van der Waals surface area contributed by atoms with Crippen molar-refractivity contribution in [3.63, 3.8) is 0 Å². The molecule has 4 saturated heterocycles. The van der Waals surface area contributed by atoms with Gasteiger partial charge in [-0.3, -0.25) is 12.5 Å². The second kappa shape index (κ2) is 49.7. The van der Waals surface area contributed by atoms with Crippen molar-refractivity contribution in [2.45, 2.75) is 238 Å². The molecule has 49 nitrogen and oxygen atoms in total. The molecule has 8 aliphatic carbocycles. The van der Waals surface area contributed by atoms with E-state index in [4.69, 9.17) is 87.2 Å². The van der Waals surface area contributed by atoms with Crippen LogP contribution < -0.4 is 0 Å². The number of methoxy groups -OCH3 is 9. The number of fused-ring (bicyclic) bond motifs is 4. The van der Waals surface area contributed by atoms with Crippen LogP contribution in [-0.2, 0) is 162 Å². The quantitative estimate of drug-likeness (QED) is 0.00945. The number of azide groups is 2. The first kappa shape index (κ1) is 111. The molecular formula is C77H112N6O43S3. The van der Waals surface area contributed by atoms with Crippen molar-refractivity contribution < 1.29 is 203 Å². The van der Waals surface area contributed by atoms with Gasteiger partial charge in [-0.2, -0.15) is 25.3 Å². The number of carbonyl (C=O) groups excluding carboxylic acids is 7. The Morgan fingerprint density at radius 3 is 1.20 bits per heavy atom. The Hall–Kier alpha value is -8.69. The number of ether oxygens (including phenoxy) is 17. The molecule has 12 aliphatic rings. The Bertz CT molecular complexity index is 4620. The first-order chi connectivity index (χ1) is 60.2. The van der Waals surface area contributed by atoms with E-state index in [1.165, 1.54) is 75.1 Å². The Balaban J connectivity index is 0.000000263. The molecule has 129 heavy (non-hydrogen) atoms. The van der Waals surface area contributed by atoms with Crippen LogP contribution in [0.5, 0.6) is 0 Å². The third-order valence-corrected chi connectivity index (χ3v) is 21.7. The predicted octanol–water partition coefficient (Wildman–Crippen LogP) is -0.704. The number of rotatable bonds is 22. The van der Waals surface area contributed by atoms with Gasteiger partial charge in [0.1, 0.15) is 105 Å². The number of carboxylic acids is 1. The maximum Gasteiger partial charge on any atom is 0.333 e. The molecule has 4 aliphatic heterocycles. The molecule has 0 aromatic carbocycles. The van der Waals surface area contributed by atoms with Crippen LogP contribution in [0.25, 0.3) is 20.9 Å². The van der Waals surface area contributed by atoms with Crippen molar-refractivity contribution in [3.8, 4) is 0 Å². The minimum absolute atomic E-state index is 0.0240. The van der Waals surface area contributed by atoms with Gasteiger partial charge >= 0.3 is 47.8 Å². The summed E-state index contributed by atoms with van der Waals surface area (Å²) < 4.78 is 167. The fraction of sp³-hybridized carbons (Fsp3) is 0.688. The van der Waals surface area contributed by atoms with Crippen molar-refractivity contribution in [2.24, 2.45) is 16.1 Å². The minimum Gasteiger partial charge on any atom is -0.478 e. The summed E-state index contributed by atoms with van der Waals surface area (Å²) in [6, 6.07) is -1.71. The predicted molar refractivity (Wildman–Crippen MR) is 434 cm³/mol. The van der Waals surface area contributed by atoms with E-state index < -0.39 is 187 Å². The molecule has 4 heterocycles. The van der Waals surface area contributed by atoms with Gasteiger partial charge in [0.25, 0.3) is 30.4 Å². The molecule has 1 unspecified atom stereocenters. The largest absolute Gasteiger partial charge is 0.478 e. The van der Waals surface area contributed by atoms with E-state index in [1.807, 2.05) is 6.08 Å². The highest BCUT2D eigenvalue weighted by Gasteiger charge is 2.52. The van der Waals surface area contributed by atoms with Crippen molar-refractivity contribution in [1.82, 2.24) is 0 Å². The average molecular weight is 1910 g/mol. The first-order valence-corrected chi connectivity index (χ1v) is 44.5. The van der Waals surface area contributed by atoms with Crippen LogP contribution in [0.2, 0.25) is 0 Å². The van der Waals surface area contributed by atoms with Gasteiger partial charge in [-0.25, -0.2) is 38.4 Å². The summed E-state index contributed by atoms with van der Waals surface area (Å²) in [5, 5.41) is 90.6. The molecule has 726 valence electrons. The SMILES string of the molecule is COC(=O)C1=C[C@@H](C)[C@H]2O[C@H]2C1.COC(=O)C1=C[C@@H](O)[C@@H](O)[C@H](OS(C)(=O)=O)C1.COC(=O)C1=C[C@@H](O)[C@H]2O[C@H]2C1.COC(=O)C1=C[C@H]2OC(C)(C)O[C@H]2[C@H](O)C1.COC(=O)C1=C[C@H]2OC(C)(C)O[C@H]2[C@H](OS(C)(=O)=O)C1.COCO[C@@H]1C=C(C(=O)OC)C[C@@H](N=[N+]=[N-])C1OS(C)(=O)=O.COCO[C@@H]1C=C(C(=O)OC)C[C@@H](N=[N+]=[N-])[C@@H]1O.O=C(O)C1=C[C@@H](O)[C@@H](O)[C@H](O)C1. The minimum atomic E-state index is -3.83. The van der Waals surface area contributed by atoms with Crippen LogP contribution in [-0.4, -0.2) is 367 Å². The van der Waals surface area contributed by atoms with Crippen LogP contribution in [0.4, 0.5) is 0 Å². The lowest BCUT2D eigenvalue weighted by molar-refractivity contribution is -0.152. The van der Waals surface area contributed by atoms with Crippen LogP contribution in [0.1, 0.15) is 86.0 Å². The first-order valence-electron chi connectivity index (χ1n) is 39.1. The Morgan fingerprint density at radius 1 is 0.403 bits per heavy atom. The number of carboxylic acid groups (broad SMARTS) is 1. The van der Waals surface area contributed by atoms with Crippen molar-refractivity contribution >= 4 is 78.1 Å². The Morgan fingerprint density at radius 2 is 0.760 bits per heavy atom. The van der Waals surface area contributed by atoms with E-state index >= 15 is 0 Å². The number of hydrogen-bond donors (Lipinski definition) is 9. The molecule has 9 N–H and O–H groups in total. The number of aliphatic hydroxyl groups excluding tert-OH is 8. The van der Waals surface area contributed by atoms with Gasteiger partial charge < -0.3 is 126 Å². The van der Waals surface area contributed by atoms with E-state index in [-0.39, 0.29) is 105 Å². The molecule has 0 aromatic heterocycles. The average Bonchev–Trinajstić information content (AvgIpc) is 1.59. The summed E-state index contributed by atoms with van der Waals surface area (Å²) >= 11 is 0. The highest BCUT2D eigenvalue weighted by molar-refractivity contribution is 7.86. The summed E-state index contributed by atoms with van der Waals surface area (Å²) in [6.45, 7) is 8.85. The maximum atomic E-state index is 11.7. The fourth-order valence-electron chi connectivity index (χ4n) is 14.1. The van der Waals surface area contributed by atoms with Crippen LogP contribution >= 0.6 is 0 Å². The second-order valence-electron chi connectivity index (χ2n) is 30.8. The number of epoxide rings is 2. The molecule has 0 aromatic rings. The fourth-order valence-corrected chi connectivity index (χ4v) is 16.0. The Kier molecular flexibility index (Phi) is 42.7. The molecule has 0 radical (unpaired) electrons. The standard InChI is InChI=1S/C12H18O7S.C11H17N3O7S.C11H16O5.C10H15N3O5.C9H14O7S.C9H12O3.C8H10O4.C7H10O5/c1-12(2)17-8-5-7(11(13)16-3)6-9(10(8)18-12)19-20(4,14)15;1-18-6-20-9-5-7(11(15)19-2)4-8(13-14-12)10(9)21-22(3,16)17;1-11(2)15-8-5-6(10(13)14-3)4-7(12)9(8)16-11;1-16-5-18-8-4-6(10(15)17-2)3-7(9(8)14)12-13-11;1-15-9(12)5-3-6(10)8(11)7(4-5)16-17(2,13)14;1-5-3-6(9(10)11-2)4-7-8(5)12-7;1-11-8(10)4-2-5(9)7-6(3-4)12-7;8-4-1-3(7(11)12)2-5(9)6(4)10/h5,8-10H,6H2,1-4H3;5,8-10H,4,6H2,1-3H3;5,7-9,12H,4H2,1-3H3;4,7-9,14H,3,5H2,1-2H3;3,6-8,10-11H,4H2,1-2H3;3,5,7-8H,4H2,1-2H3;2,5-7,9H,3H2,1H3;1,4-6,8-10H,2H2,(H,11,12)/t8-,9-,10-;8-,9-,10?;2*7-,8-,9+;6-,7-,8-;5-,7+,8-;5-,6+,7-;4-,5-,6-/m11111111/s1. The molecule has 0 spiro atoms. The van der Waals surface area contributed by atoms with Crippen LogP contribution in [0.15, 0.2) is 103 Å². The molecule has 0 saturated carbocycles. The normalized spacial score (nSPS) is 31.9. The van der Waals surface area contributed by atoms with Crippen molar-refractivity contribution in [1.29, 1.82) is 0 Å². The summed E-state index contributed by atoms with van der Waals surface area (Å²) in [6.07, 6.45) is 0.755. The smallest absolute Gasteiger partial charge is 0.333 e. The van der Waals surface area contributed by atoms with E-state index in [0.29, 0.717) is 40.7 Å². The van der Waals surface area contributed by atoms with E-state index in [9.17, 15) is 89.1 Å². The maximum absolute atomic E-state index is 11.7. The number of aliphatic hydroxyl groups is 8. The highest BCUT2D eigenvalue weighted by Crippen LogP contribution is 2.42. The number of carbonyl (C=O) groups is 8. The molecular weight excluding hydrogens is 1790 g/mol. The molecule has 24 atom stereocenters. The number of hydrogen-bond acceptors (Lipinski definition) is 44. The highest BCUT2D eigenvalue weighted by atomic mass is 32.2. The lowest BCUT2D eigenvalue weighted by Crippen LogP contribution is -2.44. The lowest BCUT2D eigenvalue weighted by Gasteiger charge is -2.32. The summed E-state index contributed by atoms with van der Waals surface area (Å²) in [5.74, 6) is -5.80. The van der Waals surface area contributed by atoms with Gasteiger partial charge in [0.05, 0.1) is 117 Å². The molecule has 12 rings (SSSR count). The molecule has 4 fully saturated rings. The summed E-state index contributed by atoms with van der Waals surface area (Å²) in [5.41, 5.74) is 19.6. The van der Waals surface area contributed by atoms with E-state index in [2.05, 4.69) is 64.3 Å². The summed E-state index contributed by atoms with van der Waals surface area (Å²) in [4.78, 5) is 95.2. The van der Waals surface area contributed by atoms with E-state index in [0.717, 1.165) is 50.0 Å². The zero-order valence-electron chi connectivity index (χ0n) is 73.4. The molecule has 0 amide bonds. The molecule has 0 bridgehead atoms. The number of esters is 7. The van der Waals surface area contributed by atoms with Gasteiger partial charge in [-0.05, 0) is 94.1 Å². The molecule has 52 heteroatoms. The van der Waals surface area contributed by atoms with Crippen molar-refractivity contribution in [3.05, 3.63) is 114 Å². The third-order valence-electron chi connectivity index (χ3n) is 20.0. The van der Waals surface area contributed by atoms with Gasteiger partial charge in [0.2, 0.25) is 0 Å². The monoisotopic (exact) mass is 1900 g/mol.